The van der Waals surface area contributed by atoms with E-state index in [4.69, 9.17) is 16.3 Å². The van der Waals surface area contributed by atoms with Crippen LogP contribution in [0.3, 0.4) is 0 Å². The van der Waals surface area contributed by atoms with Crippen LogP contribution >= 0.6 is 46.4 Å². The maximum atomic E-state index is 11.7. The third-order valence-electron chi connectivity index (χ3n) is 2.51. The minimum atomic E-state index is -0.486. The van der Waals surface area contributed by atoms with Gasteiger partial charge in [0.05, 0.1) is 0 Å². The van der Waals surface area contributed by atoms with E-state index in [-0.39, 0.29) is 6.61 Å². The van der Waals surface area contributed by atoms with Gasteiger partial charge in [0.25, 0.3) is 0 Å². The summed E-state index contributed by atoms with van der Waals surface area (Å²) in [5.41, 5.74) is 1.58. The summed E-state index contributed by atoms with van der Waals surface area (Å²) in [6, 6.07) is 14.7. The summed E-state index contributed by atoms with van der Waals surface area (Å²) in [7, 11) is 3.08. The van der Waals surface area contributed by atoms with Crippen molar-refractivity contribution >= 4 is 58.2 Å². The molecule has 1 N–H and O–H groups in total. The third kappa shape index (κ3) is 5.82. The van der Waals surface area contributed by atoms with Crippen LogP contribution in [-0.4, -0.2) is 6.09 Å². The Bertz CT molecular complexity index is 593. The van der Waals surface area contributed by atoms with Crippen molar-refractivity contribution < 1.29 is 9.53 Å². The minimum Gasteiger partial charge on any atom is -0.444 e. The summed E-state index contributed by atoms with van der Waals surface area (Å²) < 4.78 is 5.14. The molecule has 0 aliphatic rings. The van der Waals surface area contributed by atoms with Gasteiger partial charge in [-0.15, -0.1) is 0 Å². The zero-order valence-corrected chi connectivity index (χ0v) is 14.7. The van der Waals surface area contributed by atoms with E-state index in [9.17, 15) is 4.79 Å². The lowest BCUT2D eigenvalue weighted by atomic mass is 10.2. The number of hydrogen-bond donors (Lipinski definition) is 1. The molecule has 21 heavy (non-hydrogen) atoms. The Hall–Kier alpha value is -0.820. The zero-order chi connectivity index (χ0) is 15.1. The van der Waals surface area contributed by atoms with Crippen LogP contribution in [0.1, 0.15) is 5.56 Å². The number of anilines is 1. The van der Waals surface area contributed by atoms with Gasteiger partial charge >= 0.3 is 6.09 Å². The van der Waals surface area contributed by atoms with Gasteiger partial charge in [-0.3, -0.25) is 5.32 Å². The Labute approximate surface area is 143 Å². The van der Waals surface area contributed by atoms with Crippen molar-refractivity contribution in [3.8, 4) is 0 Å². The Balaban J connectivity index is 1.82. The predicted molar refractivity (Wildman–Crippen MR) is 94.1 cm³/mol. The topological polar surface area (TPSA) is 38.3 Å². The highest BCUT2D eigenvalue weighted by molar-refractivity contribution is 9.60. The lowest BCUT2D eigenvalue weighted by molar-refractivity contribution is 0.155. The summed E-state index contributed by atoms with van der Waals surface area (Å²) in [5, 5.41) is 3.33. The number of carbonyl (C=O) groups excluding carboxylic acids is 1. The molecule has 0 saturated carbocycles. The van der Waals surface area contributed by atoms with Crippen molar-refractivity contribution in [3.05, 3.63) is 59.1 Å². The fourth-order valence-electron chi connectivity index (χ4n) is 1.51. The van der Waals surface area contributed by atoms with Crippen molar-refractivity contribution in [2.75, 3.05) is 5.32 Å². The van der Waals surface area contributed by atoms with E-state index in [1.54, 1.807) is 22.9 Å². The van der Waals surface area contributed by atoms with E-state index in [1.807, 2.05) is 36.4 Å². The number of rotatable bonds is 5. The lowest BCUT2D eigenvalue weighted by Crippen LogP contribution is -2.13. The molecule has 7 heteroatoms. The summed E-state index contributed by atoms with van der Waals surface area (Å²) in [6.07, 6.45) is -0.486. The van der Waals surface area contributed by atoms with Gasteiger partial charge in [0.15, 0.2) is 0 Å². The highest BCUT2D eigenvalue weighted by atomic mass is 79.9. The first kappa shape index (κ1) is 16.5. The highest BCUT2D eigenvalue weighted by Crippen LogP contribution is 2.35. The van der Waals surface area contributed by atoms with Gasteiger partial charge in [-0.25, -0.2) is 4.79 Å². The van der Waals surface area contributed by atoms with Crippen molar-refractivity contribution in [2.24, 2.45) is 0 Å². The van der Waals surface area contributed by atoms with Gasteiger partial charge in [0.2, 0.25) is 0 Å². The number of benzene rings is 2. The number of carbonyl (C=O) groups is 1. The standard InChI is InChI=1S/C14H11BrClNO2S2/c15-21-20-13-7-5-12(6-8-13)17-14(18)19-9-10-1-3-11(16)4-2-10/h1-8H,9H2,(H,17,18). The van der Waals surface area contributed by atoms with Crippen molar-refractivity contribution in [3.63, 3.8) is 0 Å². The molecule has 3 nitrogen and oxygen atoms in total. The largest absolute Gasteiger partial charge is 0.444 e. The SMILES string of the molecule is O=C(Nc1ccc(SSBr)cc1)OCc1ccc(Cl)cc1. The van der Waals surface area contributed by atoms with E-state index in [2.05, 4.69) is 20.1 Å². The Morgan fingerprint density at radius 1 is 1.14 bits per heavy atom. The zero-order valence-electron chi connectivity index (χ0n) is 10.7. The molecule has 0 radical (unpaired) electrons. The molecule has 0 saturated heterocycles. The van der Waals surface area contributed by atoms with Gasteiger partial charge < -0.3 is 4.74 Å². The van der Waals surface area contributed by atoms with Crippen LogP contribution in [0.4, 0.5) is 10.5 Å². The number of hydrogen-bond acceptors (Lipinski definition) is 4. The van der Waals surface area contributed by atoms with Crippen LogP contribution in [0.15, 0.2) is 53.4 Å². The number of nitrogens with one attached hydrogen (secondary N) is 1. The molecule has 1 amide bonds. The fourth-order valence-corrected chi connectivity index (χ4v) is 3.88. The fraction of sp³-hybridized carbons (Fsp3) is 0.0714. The molecular formula is C14H11BrClNO2S2. The second-order valence-corrected chi connectivity index (χ2v) is 8.46. The molecule has 110 valence electrons. The molecule has 0 fully saturated rings. The van der Waals surface area contributed by atoms with E-state index >= 15 is 0 Å². The van der Waals surface area contributed by atoms with Crippen LogP contribution in [-0.2, 0) is 11.3 Å². The van der Waals surface area contributed by atoms with Crippen LogP contribution in [0.5, 0.6) is 0 Å². The second-order valence-electron chi connectivity index (χ2n) is 4.00. The molecule has 2 aromatic rings. The summed E-state index contributed by atoms with van der Waals surface area (Å²) in [5.74, 6) is 0. The molecule has 0 atom stereocenters. The Morgan fingerprint density at radius 2 is 1.81 bits per heavy atom. The van der Waals surface area contributed by atoms with Crippen molar-refractivity contribution in [1.82, 2.24) is 0 Å². The van der Waals surface area contributed by atoms with Gasteiger partial charge in [-0.1, -0.05) is 23.7 Å². The smallest absolute Gasteiger partial charge is 0.411 e. The maximum Gasteiger partial charge on any atom is 0.411 e. The third-order valence-corrected chi connectivity index (χ3v) is 5.25. The second kappa shape index (κ2) is 8.58. The number of ether oxygens (including phenoxy) is 1. The summed E-state index contributed by atoms with van der Waals surface area (Å²) >= 11 is 9.06. The molecule has 2 rings (SSSR count). The van der Waals surface area contributed by atoms with Crippen molar-refractivity contribution in [1.29, 1.82) is 0 Å². The van der Waals surface area contributed by atoms with Gasteiger partial charge in [-0.2, -0.15) is 0 Å². The molecule has 0 unspecified atom stereocenters. The van der Waals surface area contributed by atoms with E-state index in [1.165, 1.54) is 9.23 Å². The lowest BCUT2D eigenvalue weighted by Gasteiger charge is -2.07. The van der Waals surface area contributed by atoms with Crippen LogP contribution in [0.2, 0.25) is 5.02 Å². The maximum absolute atomic E-state index is 11.7. The highest BCUT2D eigenvalue weighted by Gasteiger charge is 2.04. The van der Waals surface area contributed by atoms with Crippen LogP contribution < -0.4 is 5.32 Å². The average molecular weight is 405 g/mol. The molecule has 0 bridgehead atoms. The van der Waals surface area contributed by atoms with Crippen LogP contribution in [0.25, 0.3) is 0 Å². The monoisotopic (exact) mass is 403 g/mol. The normalized spacial score (nSPS) is 10.2. The van der Waals surface area contributed by atoms with Gasteiger partial charge in [0, 0.05) is 30.4 Å². The first-order valence-corrected chi connectivity index (χ1v) is 10.3. The first-order chi connectivity index (χ1) is 10.2. The average Bonchev–Trinajstić information content (AvgIpc) is 2.49. The number of amides is 1. The van der Waals surface area contributed by atoms with Crippen molar-refractivity contribution in [2.45, 2.75) is 11.5 Å². The quantitative estimate of drug-likeness (QED) is 0.607. The van der Waals surface area contributed by atoms with Gasteiger partial charge in [0.1, 0.15) is 6.61 Å². The summed E-state index contributed by atoms with van der Waals surface area (Å²) in [6.45, 7) is 0.206. The first-order valence-electron chi connectivity index (χ1n) is 5.91. The Morgan fingerprint density at radius 3 is 2.43 bits per heavy atom. The molecule has 0 aliphatic heterocycles. The molecule has 0 spiro atoms. The molecule has 0 aliphatic carbocycles. The molecular weight excluding hydrogens is 394 g/mol. The van der Waals surface area contributed by atoms with Gasteiger partial charge in [-0.05, 0) is 62.0 Å². The predicted octanol–water partition coefficient (Wildman–Crippen LogP) is 6.14. The van der Waals surface area contributed by atoms with E-state index in [0.29, 0.717) is 10.7 Å². The molecule has 0 heterocycles. The molecule has 2 aromatic carbocycles. The van der Waals surface area contributed by atoms with Crippen LogP contribution in [0, 0.1) is 0 Å². The molecule has 0 aromatic heterocycles. The summed E-state index contributed by atoms with van der Waals surface area (Å²) in [4.78, 5) is 12.8. The van der Waals surface area contributed by atoms with E-state index < -0.39 is 6.09 Å². The number of halogens is 2. The Kier molecular flexibility index (Phi) is 6.76. The van der Waals surface area contributed by atoms with E-state index in [0.717, 1.165) is 10.5 Å². The minimum absolute atomic E-state index is 0.206.